The Hall–Kier alpha value is -4.46. The summed E-state index contributed by atoms with van der Waals surface area (Å²) < 4.78 is 0. The number of aliphatic carboxylic acids is 1. The van der Waals surface area contributed by atoms with Crippen molar-refractivity contribution in [2.24, 2.45) is 17.4 Å². The van der Waals surface area contributed by atoms with Crippen LogP contribution in [0.1, 0.15) is 37.9 Å². The molecule has 0 aliphatic carbocycles. The van der Waals surface area contributed by atoms with Crippen LogP contribution >= 0.6 is 0 Å². The summed E-state index contributed by atoms with van der Waals surface area (Å²) >= 11 is 0. The Bertz CT molecular complexity index is 1140. The van der Waals surface area contributed by atoms with Gasteiger partial charge >= 0.3 is 5.97 Å². The average molecular weight is 546 g/mol. The number of rotatable bonds is 15. The minimum Gasteiger partial charge on any atom is -0.508 e. The highest BCUT2D eigenvalue weighted by Crippen LogP contribution is 2.13. The van der Waals surface area contributed by atoms with Crippen molar-refractivity contribution in [2.45, 2.75) is 63.7 Å². The molecular formula is C25H35N7O7. The minimum absolute atomic E-state index is 0.0155. The van der Waals surface area contributed by atoms with Crippen molar-refractivity contribution in [3.63, 3.8) is 0 Å². The number of carboxylic acid groups (broad SMARTS) is 1. The highest BCUT2D eigenvalue weighted by molar-refractivity contribution is 5.95. The number of carbonyl (C=O) groups excluding carboxylic acids is 4. The van der Waals surface area contributed by atoms with Crippen LogP contribution in [0, 0.1) is 5.92 Å². The van der Waals surface area contributed by atoms with E-state index >= 15 is 0 Å². The molecule has 1 heterocycles. The van der Waals surface area contributed by atoms with Crippen LogP contribution in [0.3, 0.4) is 0 Å². The third kappa shape index (κ3) is 10.4. The number of hydrogen-bond acceptors (Lipinski definition) is 8. The van der Waals surface area contributed by atoms with E-state index in [-0.39, 0.29) is 30.9 Å². The van der Waals surface area contributed by atoms with Crippen LogP contribution in [0.4, 0.5) is 0 Å². The molecule has 212 valence electrons. The quantitative estimate of drug-likeness (QED) is 0.132. The van der Waals surface area contributed by atoms with Crippen LogP contribution in [0.15, 0.2) is 36.8 Å². The highest BCUT2D eigenvalue weighted by Gasteiger charge is 2.31. The SMILES string of the molecule is CC(C)CC(NC(=O)C(Cc1cnc[nH]1)NC(=O)C(N)CC(N)=O)C(=O)NC(Cc1ccc(O)cc1)C(=O)O. The maximum absolute atomic E-state index is 13.3. The summed E-state index contributed by atoms with van der Waals surface area (Å²) in [6, 6.07) is 0.966. The Morgan fingerprint density at radius 2 is 1.51 bits per heavy atom. The summed E-state index contributed by atoms with van der Waals surface area (Å²) in [5.74, 6) is -4.36. The minimum atomic E-state index is -1.30. The molecule has 4 atom stereocenters. The van der Waals surface area contributed by atoms with Crippen molar-refractivity contribution in [1.82, 2.24) is 25.9 Å². The number of phenolic OH excluding ortho intramolecular Hbond substituents is 1. The predicted molar refractivity (Wildman–Crippen MR) is 139 cm³/mol. The Labute approximate surface area is 224 Å². The van der Waals surface area contributed by atoms with Crippen molar-refractivity contribution in [3.05, 3.63) is 48.0 Å². The van der Waals surface area contributed by atoms with Crippen LogP contribution in [0.2, 0.25) is 0 Å². The Balaban J connectivity index is 2.19. The van der Waals surface area contributed by atoms with Gasteiger partial charge in [0.25, 0.3) is 0 Å². The number of H-pyrrole nitrogens is 1. The number of carboxylic acids is 1. The molecule has 39 heavy (non-hydrogen) atoms. The molecule has 0 fully saturated rings. The van der Waals surface area contributed by atoms with Gasteiger partial charge in [0, 0.05) is 24.7 Å². The molecule has 4 unspecified atom stereocenters. The van der Waals surface area contributed by atoms with E-state index in [2.05, 4.69) is 25.9 Å². The third-order valence-electron chi connectivity index (χ3n) is 5.70. The van der Waals surface area contributed by atoms with Gasteiger partial charge in [-0.3, -0.25) is 19.2 Å². The van der Waals surface area contributed by atoms with Gasteiger partial charge in [-0.15, -0.1) is 0 Å². The first-order valence-electron chi connectivity index (χ1n) is 12.3. The van der Waals surface area contributed by atoms with Gasteiger partial charge in [0.15, 0.2) is 0 Å². The molecule has 10 N–H and O–H groups in total. The lowest BCUT2D eigenvalue weighted by molar-refractivity contribution is -0.142. The zero-order valence-corrected chi connectivity index (χ0v) is 21.7. The summed E-state index contributed by atoms with van der Waals surface area (Å²) in [6.45, 7) is 3.65. The number of primary amides is 1. The van der Waals surface area contributed by atoms with Gasteiger partial charge in [-0.1, -0.05) is 26.0 Å². The number of hydrogen-bond donors (Lipinski definition) is 8. The molecule has 0 aliphatic rings. The van der Waals surface area contributed by atoms with Crippen molar-refractivity contribution >= 4 is 29.6 Å². The molecule has 0 saturated heterocycles. The Morgan fingerprint density at radius 3 is 2.05 bits per heavy atom. The first-order chi connectivity index (χ1) is 18.3. The van der Waals surface area contributed by atoms with Crippen molar-refractivity contribution in [2.75, 3.05) is 0 Å². The first kappa shape index (κ1) is 30.8. The van der Waals surface area contributed by atoms with E-state index in [0.717, 1.165) is 0 Å². The fourth-order valence-corrected chi connectivity index (χ4v) is 3.73. The fraction of sp³-hybridized carbons (Fsp3) is 0.440. The number of phenols is 1. The van der Waals surface area contributed by atoms with E-state index in [1.54, 1.807) is 0 Å². The lowest BCUT2D eigenvalue weighted by Gasteiger charge is -2.26. The van der Waals surface area contributed by atoms with Gasteiger partial charge in [-0.05, 0) is 30.0 Å². The molecule has 0 bridgehead atoms. The molecular weight excluding hydrogens is 510 g/mol. The van der Waals surface area contributed by atoms with E-state index in [0.29, 0.717) is 11.3 Å². The second-order valence-corrected chi connectivity index (χ2v) is 9.58. The number of amides is 4. The second kappa shape index (κ2) is 14.5. The summed E-state index contributed by atoms with van der Waals surface area (Å²) in [5, 5.41) is 26.7. The number of imidazole rings is 1. The Morgan fingerprint density at radius 1 is 0.923 bits per heavy atom. The molecule has 4 amide bonds. The number of nitrogens with two attached hydrogens (primary N) is 2. The third-order valence-corrected chi connectivity index (χ3v) is 5.70. The lowest BCUT2D eigenvalue weighted by atomic mass is 10.0. The van der Waals surface area contributed by atoms with Gasteiger partial charge in [0.1, 0.15) is 23.9 Å². The monoisotopic (exact) mass is 545 g/mol. The number of carbonyl (C=O) groups is 5. The van der Waals surface area contributed by atoms with Crippen molar-refractivity contribution in [3.8, 4) is 5.75 Å². The standard InChI is InChI=1S/C25H35N7O7/c1-13(2)7-18(23(36)32-20(25(38)39)8-14-3-5-16(33)6-4-14)31-24(37)19(9-15-11-28-12-29-15)30-22(35)17(26)10-21(27)34/h3-6,11-13,17-20,33H,7-10,26H2,1-2H3,(H2,27,34)(H,28,29)(H,30,35)(H,31,37)(H,32,36)(H,38,39). The fourth-order valence-electron chi connectivity index (χ4n) is 3.73. The maximum Gasteiger partial charge on any atom is 0.326 e. The van der Waals surface area contributed by atoms with E-state index in [1.807, 2.05) is 13.8 Å². The van der Waals surface area contributed by atoms with Crippen LogP contribution in [0.25, 0.3) is 0 Å². The molecule has 1 aromatic heterocycles. The smallest absolute Gasteiger partial charge is 0.326 e. The normalized spacial score (nSPS) is 14.1. The van der Waals surface area contributed by atoms with Gasteiger partial charge in [-0.2, -0.15) is 0 Å². The van der Waals surface area contributed by atoms with E-state index in [4.69, 9.17) is 11.5 Å². The number of nitrogens with one attached hydrogen (secondary N) is 4. The first-order valence-corrected chi connectivity index (χ1v) is 12.3. The van der Waals surface area contributed by atoms with E-state index in [1.165, 1.54) is 36.8 Å². The van der Waals surface area contributed by atoms with Crippen LogP contribution in [-0.2, 0) is 36.8 Å². The van der Waals surface area contributed by atoms with Crippen LogP contribution < -0.4 is 27.4 Å². The number of aromatic hydroxyl groups is 1. The summed E-state index contributed by atoms with van der Waals surface area (Å²) in [5.41, 5.74) is 11.9. The molecule has 2 aromatic rings. The van der Waals surface area contributed by atoms with Crippen molar-refractivity contribution < 1.29 is 34.2 Å². The van der Waals surface area contributed by atoms with Gasteiger partial charge in [-0.25, -0.2) is 9.78 Å². The average Bonchev–Trinajstić information content (AvgIpc) is 3.36. The topological polar surface area (TPSA) is 243 Å². The summed E-state index contributed by atoms with van der Waals surface area (Å²) in [6.07, 6.45) is 2.50. The molecule has 2 rings (SSSR count). The Kier molecular flexibility index (Phi) is 11.4. The molecule has 0 saturated carbocycles. The van der Waals surface area contributed by atoms with Crippen LogP contribution in [0.5, 0.6) is 5.75 Å². The predicted octanol–water partition coefficient (Wildman–Crippen LogP) is -1.31. The molecule has 14 nitrogen and oxygen atoms in total. The number of benzene rings is 1. The largest absolute Gasteiger partial charge is 0.508 e. The number of aromatic nitrogens is 2. The molecule has 14 heteroatoms. The van der Waals surface area contributed by atoms with Gasteiger partial charge < -0.3 is 42.6 Å². The lowest BCUT2D eigenvalue weighted by Crippen LogP contribution is -2.58. The maximum atomic E-state index is 13.3. The zero-order chi connectivity index (χ0) is 29.1. The van der Waals surface area contributed by atoms with Crippen molar-refractivity contribution in [1.29, 1.82) is 0 Å². The van der Waals surface area contributed by atoms with E-state index in [9.17, 15) is 34.2 Å². The number of nitrogens with zero attached hydrogens (tertiary/aromatic N) is 1. The van der Waals surface area contributed by atoms with Crippen LogP contribution in [-0.4, -0.2) is 73.9 Å². The number of aromatic amines is 1. The van der Waals surface area contributed by atoms with E-state index < -0.39 is 60.2 Å². The molecule has 0 spiro atoms. The molecule has 0 radical (unpaired) electrons. The molecule has 0 aliphatic heterocycles. The second-order valence-electron chi connectivity index (χ2n) is 9.58. The summed E-state index contributed by atoms with van der Waals surface area (Å²) in [7, 11) is 0. The zero-order valence-electron chi connectivity index (χ0n) is 21.7. The summed E-state index contributed by atoms with van der Waals surface area (Å²) in [4.78, 5) is 68.7. The molecule has 1 aromatic carbocycles. The highest BCUT2D eigenvalue weighted by atomic mass is 16.4. The van der Waals surface area contributed by atoms with Gasteiger partial charge in [0.05, 0.1) is 18.8 Å². The van der Waals surface area contributed by atoms with Gasteiger partial charge in [0.2, 0.25) is 23.6 Å².